The molecule has 1 N–H and O–H groups in total. The molecule has 0 amide bonds. The summed E-state index contributed by atoms with van der Waals surface area (Å²) in [6.07, 6.45) is 3.87. The first-order valence-corrected chi connectivity index (χ1v) is 9.16. The predicted molar refractivity (Wildman–Crippen MR) is 122 cm³/mol. The predicted octanol–water partition coefficient (Wildman–Crippen LogP) is 3.76. The fraction of sp³-hybridized carbons (Fsp3) is 0.500. The van der Waals surface area contributed by atoms with Crippen LogP contribution in [0.25, 0.3) is 0 Å². The Kier molecular flexibility index (Phi) is 10.2. The summed E-state index contributed by atoms with van der Waals surface area (Å²) in [5, 5.41) is 3.36. The largest absolute Gasteiger partial charge is 0.496 e. The Hall–Kier alpha value is -1.77. The van der Waals surface area contributed by atoms with Crippen LogP contribution in [0.4, 0.5) is 0 Å². The molecule has 2 aromatic rings. The Balaban J connectivity index is 0.00000364. The van der Waals surface area contributed by atoms with Crippen molar-refractivity contribution in [2.75, 3.05) is 20.7 Å². The van der Waals surface area contributed by atoms with Crippen molar-refractivity contribution in [1.29, 1.82) is 0 Å². The number of guanidine groups is 1. The van der Waals surface area contributed by atoms with Crippen LogP contribution in [0, 0.1) is 5.92 Å². The van der Waals surface area contributed by atoms with Gasteiger partial charge in [-0.25, -0.2) is 9.98 Å². The highest BCUT2D eigenvalue weighted by Gasteiger charge is 2.11. The number of halogens is 1. The number of rotatable bonds is 8. The summed E-state index contributed by atoms with van der Waals surface area (Å²) in [5.41, 5.74) is 1.13. The Morgan fingerprint density at radius 2 is 2.07 bits per heavy atom. The summed E-state index contributed by atoms with van der Waals surface area (Å²) in [5.74, 6) is 3.31. The number of para-hydroxylation sites is 1. The molecule has 2 rings (SSSR count). The number of nitrogens with one attached hydrogen (secondary N) is 1. The molecule has 6 nitrogen and oxygen atoms in total. The summed E-state index contributed by atoms with van der Waals surface area (Å²) in [6.45, 7) is 9.53. The van der Waals surface area contributed by atoms with E-state index in [9.17, 15) is 0 Å². The van der Waals surface area contributed by atoms with Crippen molar-refractivity contribution >= 4 is 29.9 Å². The van der Waals surface area contributed by atoms with E-state index in [0.717, 1.165) is 42.7 Å². The van der Waals surface area contributed by atoms with E-state index in [1.165, 1.54) is 0 Å². The van der Waals surface area contributed by atoms with Crippen molar-refractivity contribution in [1.82, 2.24) is 19.8 Å². The smallest absolute Gasteiger partial charge is 0.194 e. The number of aliphatic imine (C=N–C) groups is 1. The van der Waals surface area contributed by atoms with Gasteiger partial charge < -0.3 is 19.5 Å². The zero-order valence-electron chi connectivity index (χ0n) is 17.0. The summed E-state index contributed by atoms with van der Waals surface area (Å²) in [4.78, 5) is 11.4. The molecular formula is C20H32IN5O. The number of hydrogen-bond donors (Lipinski definition) is 1. The van der Waals surface area contributed by atoms with E-state index in [4.69, 9.17) is 9.73 Å². The number of imidazole rings is 1. The van der Waals surface area contributed by atoms with Crippen LogP contribution in [0.2, 0.25) is 0 Å². The topological polar surface area (TPSA) is 54.7 Å². The van der Waals surface area contributed by atoms with Gasteiger partial charge in [-0.1, -0.05) is 32.0 Å². The standard InChI is InChI=1S/C20H31N5O.HI/c1-6-21-20(23-13-19-22-11-12-25(19)14-16(2)3)24(4)15-17-9-7-8-10-18(17)26-5;/h7-12,16H,6,13-15H2,1-5H3,(H,21,23);1H. The Labute approximate surface area is 180 Å². The Bertz CT molecular complexity index is 714. The van der Waals surface area contributed by atoms with Crippen molar-refractivity contribution in [3.05, 3.63) is 48.0 Å². The molecule has 0 bridgehead atoms. The normalized spacial score (nSPS) is 11.3. The minimum absolute atomic E-state index is 0. The van der Waals surface area contributed by atoms with Crippen LogP contribution < -0.4 is 10.1 Å². The molecule has 0 fully saturated rings. The molecule has 0 aliphatic rings. The molecule has 1 aromatic carbocycles. The third-order valence-corrected chi connectivity index (χ3v) is 4.03. The zero-order chi connectivity index (χ0) is 18.9. The lowest BCUT2D eigenvalue weighted by molar-refractivity contribution is 0.396. The first-order chi connectivity index (χ1) is 12.5. The highest BCUT2D eigenvalue weighted by Crippen LogP contribution is 2.18. The molecule has 0 saturated carbocycles. The molecule has 1 aromatic heterocycles. The third-order valence-electron chi connectivity index (χ3n) is 4.03. The number of hydrogen-bond acceptors (Lipinski definition) is 3. The lowest BCUT2D eigenvalue weighted by Gasteiger charge is -2.23. The number of ether oxygens (including phenoxy) is 1. The van der Waals surface area contributed by atoms with Crippen molar-refractivity contribution in [3.63, 3.8) is 0 Å². The van der Waals surface area contributed by atoms with Crippen LogP contribution in [-0.4, -0.2) is 41.1 Å². The molecular weight excluding hydrogens is 453 g/mol. The highest BCUT2D eigenvalue weighted by molar-refractivity contribution is 14.0. The fourth-order valence-corrected chi connectivity index (χ4v) is 2.83. The molecule has 0 spiro atoms. The van der Waals surface area contributed by atoms with E-state index >= 15 is 0 Å². The van der Waals surface area contributed by atoms with Gasteiger partial charge >= 0.3 is 0 Å². The van der Waals surface area contributed by atoms with Crippen LogP contribution in [0.15, 0.2) is 41.7 Å². The average Bonchev–Trinajstić information content (AvgIpc) is 3.05. The van der Waals surface area contributed by atoms with E-state index in [-0.39, 0.29) is 24.0 Å². The Morgan fingerprint density at radius 1 is 1.33 bits per heavy atom. The third kappa shape index (κ3) is 7.04. The summed E-state index contributed by atoms with van der Waals surface area (Å²) in [6, 6.07) is 8.07. The van der Waals surface area contributed by atoms with Crippen molar-refractivity contribution in [2.45, 2.75) is 40.4 Å². The molecule has 7 heteroatoms. The van der Waals surface area contributed by atoms with E-state index in [0.29, 0.717) is 12.5 Å². The first-order valence-electron chi connectivity index (χ1n) is 9.16. The quantitative estimate of drug-likeness (QED) is 0.352. The number of nitrogens with zero attached hydrogens (tertiary/aromatic N) is 4. The van der Waals surface area contributed by atoms with Gasteiger partial charge in [0.15, 0.2) is 5.96 Å². The zero-order valence-corrected chi connectivity index (χ0v) is 19.3. The minimum atomic E-state index is 0. The molecule has 27 heavy (non-hydrogen) atoms. The summed E-state index contributed by atoms with van der Waals surface area (Å²) in [7, 11) is 3.74. The molecule has 0 atom stereocenters. The second-order valence-electron chi connectivity index (χ2n) is 6.73. The van der Waals surface area contributed by atoms with Gasteiger partial charge in [0.1, 0.15) is 18.1 Å². The molecule has 150 valence electrons. The van der Waals surface area contributed by atoms with Gasteiger partial charge in [-0.2, -0.15) is 0 Å². The molecule has 0 radical (unpaired) electrons. The molecule has 0 aliphatic carbocycles. The number of benzene rings is 1. The van der Waals surface area contributed by atoms with Gasteiger partial charge in [-0.15, -0.1) is 24.0 Å². The lowest BCUT2D eigenvalue weighted by Crippen LogP contribution is -2.38. The second-order valence-corrected chi connectivity index (χ2v) is 6.73. The number of methoxy groups -OCH3 is 1. The van der Waals surface area contributed by atoms with Gasteiger partial charge in [-0.3, -0.25) is 0 Å². The van der Waals surface area contributed by atoms with Gasteiger partial charge in [0, 0.05) is 44.6 Å². The average molecular weight is 485 g/mol. The van der Waals surface area contributed by atoms with Crippen molar-refractivity contribution in [2.24, 2.45) is 10.9 Å². The van der Waals surface area contributed by atoms with E-state index in [1.807, 2.05) is 37.6 Å². The molecule has 1 heterocycles. The maximum absolute atomic E-state index is 5.46. The second kappa shape index (κ2) is 11.8. The van der Waals surface area contributed by atoms with Crippen LogP contribution in [0.5, 0.6) is 5.75 Å². The molecule has 0 unspecified atom stereocenters. The SMILES string of the molecule is CCNC(=NCc1nccn1CC(C)C)N(C)Cc1ccccc1OC.I. The molecule has 0 saturated heterocycles. The Morgan fingerprint density at radius 3 is 2.74 bits per heavy atom. The van der Waals surface area contributed by atoms with Crippen molar-refractivity contribution < 1.29 is 4.74 Å². The van der Waals surface area contributed by atoms with Gasteiger partial charge in [-0.05, 0) is 18.9 Å². The van der Waals surface area contributed by atoms with Gasteiger partial charge in [0.05, 0.1) is 7.11 Å². The maximum Gasteiger partial charge on any atom is 0.194 e. The highest BCUT2D eigenvalue weighted by atomic mass is 127. The van der Waals surface area contributed by atoms with Gasteiger partial charge in [0.25, 0.3) is 0 Å². The van der Waals surface area contributed by atoms with E-state index < -0.39 is 0 Å². The van der Waals surface area contributed by atoms with Crippen molar-refractivity contribution in [3.8, 4) is 5.75 Å². The fourth-order valence-electron chi connectivity index (χ4n) is 2.83. The maximum atomic E-state index is 5.46. The van der Waals surface area contributed by atoms with Crippen LogP contribution in [0.1, 0.15) is 32.2 Å². The van der Waals surface area contributed by atoms with E-state index in [2.05, 4.69) is 46.6 Å². The summed E-state index contributed by atoms with van der Waals surface area (Å²) >= 11 is 0. The minimum Gasteiger partial charge on any atom is -0.496 e. The first kappa shape index (κ1) is 23.3. The van der Waals surface area contributed by atoms with Crippen LogP contribution >= 0.6 is 24.0 Å². The number of aromatic nitrogens is 2. The van der Waals surface area contributed by atoms with Crippen LogP contribution in [-0.2, 0) is 19.6 Å². The van der Waals surface area contributed by atoms with Crippen LogP contribution in [0.3, 0.4) is 0 Å². The lowest BCUT2D eigenvalue weighted by atomic mass is 10.2. The summed E-state index contributed by atoms with van der Waals surface area (Å²) < 4.78 is 7.64. The van der Waals surface area contributed by atoms with Gasteiger partial charge in [0.2, 0.25) is 0 Å². The monoisotopic (exact) mass is 485 g/mol. The molecule has 0 aliphatic heterocycles. The van der Waals surface area contributed by atoms with E-state index in [1.54, 1.807) is 7.11 Å².